The van der Waals surface area contributed by atoms with Crippen LogP contribution < -0.4 is 14.2 Å². The summed E-state index contributed by atoms with van der Waals surface area (Å²) < 4.78 is 16.4. The van der Waals surface area contributed by atoms with Gasteiger partial charge in [0.2, 0.25) is 5.75 Å². The van der Waals surface area contributed by atoms with E-state index in [9.17, 15) is 0 Å². The number of ether oxygens (including phenoxy) is 3. The Kier molecular flexibility index (Phi) is 5.50. The Morgan fingerprint density at radius 1 is 1.14 bits per heavy atom. The van der Waals surface area contributed by atoms with Gasteiger partial charge in [-0.2, -0.15) is 0 Å². The summed E-state index contributed by atoms with van der Waals surface area (Å²) in [6.45, 7) is 0.209. The van der Waals surface area contributed by atoms with Crippen LogP contribution in [0.1, 0.15) is 10.4 Å². The highest BCUT2D eigenvalue weighted by Gasteiger charge is 2.12. The highest BCUT2D eigenvalue weighted by atomic mass is 32.1. The monoisotopic (exact) mass is 304 g/mol. The maximum absolute atomic E-state index is 8.77. The van der Waals surface area contributed by atoms with E-state index in [0.717, 1.165) is 10.4 Å². The second-order valence-electron chi connectivity index (χ2n) is 4.00. The zero-order valence-corrected chi connectivity index (χ0v) is 12.7. The van der Waals surface area contributed by atoms with Gasteiger partial charge in [0.25, 0.3) is 0 Å². The number of rotatable bonds is 5. The lowest BCUT2D eigenvalue weighted by molar-refractivity contribution is 0.268. The van der Waals surface area contributed by atoms with E-state index >= 15 is 0 Å². The van der Waals surface area contributed by atoms with Gasteiger partial charge in [-0.05, 0) is 23.6 Å². The molecule has 110 valence electrons. The molecule has 0 unspecified atom stereocenters. The Labute approximate surface area is 127 Å². The summed E-state index contributed by atoms with van der Waals surface area (Å²) in [6.07, 6.45) is 0. The second kappa shape index (κ2) is 7.58. The second-order valence-corrected chi connectivity index (χ2v) is 5.00. The van der Waals surface area contributed by atoms with Gasteiger partial charge in [-0.1, -0.05) is 17.9 Å². The highest BCUT2D eigenvalue weighted by Crippen LogP contribution is 2.37. The predicted octanol–water partition coefficient (Wildman–Crippen LogP) is 2.69. The van der Waals surface area contributed by atoms with Gasteiger partial charge in [0.1, 0.15) is 13.2 Å². The van der Waals surface area contributed by atoms with E-state index in [4.69, 9.17) is 19.3 Å². The van der Waals surface area contributed by atoms with Crippen LogP contribution in [0.3, 0.4) is 0 Å². The van der Waals surface area contributed by atoms with Gasteiger partial charge in [-0.3, -0.25) is 0 Å². The Morgan fingerprint density at radius 3 is 2.48 bits per heavy atom. The van der Waals surface area contributed by atoms with E-state index in [2.05, 4.69) is 11.8 Å². The molecule has 5 heteroatoms. The maximum Gasteiger partial charge on any atom is 0.203 e. The van der Waals surface area contributed by atoms with Crippen LogP contribution in [0.5, 0.6) is 17.2 Å². The molecule has 1 N–H and O–H groups in total. The zero-order valence-electron chi connectivity index (χ0n) is 11.9. The standard InChI is InChI=1S/C16H16O4S/c1-18-13-6-3-7-14(19-2)16(13)20-11-15-12(5-4-9-17)8-10-21-15/h3,6-8,10,17H,9,11H2,1-2H3. The van der Waals surface area contributed by atoms with Crippen LogP contribution in [0, 0.1) is 11.8 Å². The summed E-state index contributed by atoms with van der Waals surface area (Å²) in [5.74, 6) is 7.35. The van der Waals surface area contributed by atoms with Gasteiger partial charge in [-0.15, -0.1) is 11.3 Å². The fourth-order valence-corrected chi connectivity index (χ4v) is 2.54. The van der Waals surface area contributed by atoms with Crippen LogP contribution in [-0.2, 0) is 6.61 Å². The Hall–Kier alpha value is -2.16. The zero-order chi connectivity index (χ0) is 15.1. The molecule has 0 aliphatic heterocycles. The van der Waals surface area contributed by atoms with Crippen LogP contribution in [0.4, 0.5) is 0 Å². The maximum atomic E-state index is 8.77. The average Bonchev–Trinajstić information content (AvgIpc) is 2.97. The molecule has 0 aliphatic rings. The van der Waals surface area contributed by atoms with E-state index in [1.54, 1.807) is 25.6 Å². The summed E-state index contributed by atoms with van der Waals surface area (Å²) >= 11 is 1.56. The van der Waals surface area contributed by atoms with E-state index < -0.39 is 0 Å². The van der Waals surface area contributed by atoms with Crippen molar-refractivity contribution in [3.05, 3.63) is 40.1 Å². The lowest BCUT2D eigenvalue weighted by atomic mass is 10.2. The minimum atomic E-state index is -0.156. The molecule has 1 aromatic heterocycles. The molecule has 0 saturated heterocycles. The normalized spacial score (nSPS) is 9.67. The van der Waals surface area contributed by atoms with Crippen molar-refractivity contribution in [3.63, 3.8) is 0 Å². The molecule has 0 bridgehead atoms. The van der Waals surface area contributed by atoms with Crippen molar-refractivity contribution in [2.24, 2.45) is 0 Å². The number of benzene rings is 1. The third-order valence-electron chi connectivity index (χ3n) is 2.78. The van der Waals surface area contributed by atoms with Crippen LogP contribution in [0.15, 0.2) is 29.6 Å². The van der Waals surface area contributed by atoms with Crippen molar-refractivity contribution >= 4 is 11.3 Å². The molecule has 2 aromatic rings. The number of aliphatic hydroxyl groups excluding tert-OH is 1. The summed E-state index contributed by atoms with van der Waals surface area (Å²) in [7, 11) is 3.18. The molecule has 1 heterocycles. The van der Waals surface area contributed by atoms with Crippen molar-refractivity contribution in [1.82, 2.24) is 0 Å². The van der Waals surface area contributed by atoms with Gasteiger partial charge < -0.3 is 19.3 Å². The summed E-state index contributed by atoms with van der Waals surface area (Å²) in [5.41, 5.74) is 0.864. The number of methoxy groups -OCH3 is 2. The first kappa shape index (κ1) is 15.2. The summed E-state index contributed by atoms with van der Waals surface area (Å²) in [5, 5.41) is 10.7. The predicted molar refractivity (Wildman–Crippen MR) is 82.2 cm³/mol. The lowest BCUT2D eigenvalue weighted by Gasteiger charge is -2.13. The Balaban J connectivity index is 2.19. The highest BCUT2D eigenvalue weighted by molar-refractivity contribution is 7.10. The van der Waals surface area contributed by atoms with Gasteiger partial charge in [0.05, 0.1) is 19.1 Å². The van der Waals surface area contributed by atoms with Gasteiger partial charge in [0, 0.05) is 5.56 Å². The molecule has 2 rings (SSSR count). The summed E-state index contributed by atoms with van der Waals surface area (Å²) in [4.78, 5) is 0.990. The van der Waals surface area contributed by atoms with Crippen LogP contribution in [0.25, 0.3) is 0 Å². The SMILES string of the molecule is COc1cccc(OC)c1OCc1sccc1C#CCO. The Morgan fingerprint density at radius 2 is 1.86 bits per heavy atom. The lowest BCUT2D eigenvalue weighted by Crippen LogP contribution is -1.99. The van der Waals surface area contributed by atoms with E-state index in [0.29, 0.717) is 23.9 Å². The molecule has 21 heavy (non-hydrogen) atoms. The molecule has 1 aromatic carbocycles. The molecular formula is C16H16O4S. The first-order valence-electron chi connectivity index (χ1n) is 6.30. The molecule has 0 spiro atoms. The number of para-hydroxylation sites is 1. The first-order chi connectivity index (χ1) is 10.3. The molecule has 0 saturated carbocycles. The van der Waals surface area contributed by atoms with Gasteiger partial charge in [-0.25, -0.2) is 0 Å². The number of aliphatic hydroxyl groups is 1. The third kappa shape index (κ3) is 3.69. The topological polar surface area (TPSA) is 47.9 Å². The molecule has 0 atom stereocenters. The van der Waals surface area contributed by atoms with E-state index in [1.807, 2.05) is 29.6 Å². The molecule has 0 radical (unpaired) electrons. The molecule has 4 nitrogen and oxygen atoms in total. The summed E-state index contributed by atoms with van der Waals surface area (Å²) in [6, 6.07) is 7.39. The van der Waals surface area contributed by atoms with Crippen molar-refractivity contribution in [1.29, 1.82) is 0 Å². The number of hydrogen-bond acceptors (Lipinski definition) is 5. The first-order valence-corrected chi connectivity index (χ1v) is 7.18. The fraction of sp³-hybridized carbons (Fsp3) is 0.250. The molecule has 0 aliphatic carbocycles. The van der Waals surface area contributed by atoms with Gasteiger partial charge >= 0.3 is 0 Å². The molecule has 0 fully saturated rings. The minimum Gasteiger partial charge on any atom is -0.493 e. The average molecular weight is 304 g/mol. The van der Waals surface area contributed by atoms with E-state index in [1.165, 1.54) is 0 Å². The van der Waals surface area contributed by atoms with Gasteiger partial charge in [0.15, 0.2) is 11.5 Å². The van der Waals surface area contributed by atoms with Crippen LogP contribution in [0.2, 0.25) is 0 Å². The smallest absolute Gasteiger partial charge is 0.203 e. The largest absolute Gasteiger partial charge is 0.493 e. The third-order valence-corrected chi connectivity index (χ3v) is 3.67. The number of hydrogen-bond donors (Lipinski definition) is 1. The van der Waals surface area contributed by atoms with Crippen molar-refractivity contribution < 1.29 is 19.3 Å². The fourth-order valence-electron chi connectivity index (χ4n) is 1.80. The Bertz CT molecular complexity index is 630. The van der Waals surface area contributed by atoms with Crippen LogP contribution in [-0.4, -0.2) is 25.9 Å². The number of thiophene rings is 1. The van der Waals surface area contributed by atoms with E-state index in [-0.39, 0.29) is 6.61 Å². The molecular weight excluding hydrogens is 288 g/mol. The van der Waals surface area contributed by atoms with Crippen molar-refractivity contribution in [2.45, 2.75) is 6.61 Å². The molecule has 0 amide bonds. The van der Waals surface area contributed by atoms with Crippen molar-refractivity contribution in [3.8, 4) is 29.1 Å². The minimum absolute atomic E-state index is 0.156. The van der Waals surface area contributed by atoms with Crippen molar-refractivity contribution in [2.75, 3.05) is 20.8 Å². The quantitative estimate of drug-likeness (QED) is 0.863. The van der Waals surface area contributed by atoms with Crippen LogP contribution >= 0.6 is 11.3 Å².